The van der Waals surface area contributed by atoms with Gasteiger partial charge in [-0.15, -0.1) is 0 Å². The molecule has 0 aliphatic carbocycles. The molecule has 5 heteroatoms. The predicted octanol–water partition coefficient (Wildman–Crippen LogP) is 2.24. The highest BCUT2D eigenvalue weighted by Crippen LogP contribution is 2.12. The largest absolute Gasteiger partial charge is 0.364 e. The van der Waals surface area contributed by atoms with Gasteiger partial charge in [-0.1, -0.05) is 11.2 Å². The molecule has 0 aliphatic heterocycles. The quantitative estimate of drug-likeness (QED) is 0.747. The number of hydrogen-bond donors (Lipinski definition) is 1. The second kappa shape index (κ2) is 3.93. The van der Waals surface area contributed by atoms with Gasteiger partial charge in [0.15, 0.2) is 5.76 Å². The molecule has 0 spiro atoms. The Morgan fingerprint density at radius 2 is 2.35 bits per heavy atom. The van der Waals surface area contributed by atoms with Crippen molar-refractivity contribution in [3.63, 3.8) is 0 Å². The number of pyridine rings is 1. The molecule has 3 aromatic rings. The summed E-state index contributed by atoms with van der Waals surface area (Å²) in [6.45, 7) is 2.52. The predicted molar refractivity (Wildman–Crippen MR) is 63.8 cm³/mol. The summed E-state index contributed by atoms with van der Waals surface area (Å²) in [7, 11) is 0. The highest BCUT2D eigenvalue weighted by molar-refractivity contribution is 5.49. The van der Waals surface area contributed by atoms with E-state index >= 15 is 0 Å². The topological polar surface area (TPSA) is 55.4 Å². The highest BCUT2D eigenvalue weighted by Gasteiger charge is 2.03. The van der Waals surface area contributed by atoms with Crippen molar-refractivity contribution in [2.24, 2.45) is 0 Å². The van der Waals surface area contributed by atoms with Crippen molar-refractivity contribution in [1.29, 1.82) is 0 Å². The first kappa shape index (κ1) is 9.89. The molecule has 17 heavy (non-hydrogen) atoms. The van der Waals surface area contributed by atoms with Gasteiger partial charge in [0.25, 0.3) is 0 Å². The summed E-state index contributed by atoms with van der Waals surface area (Å²) in [6, 6.07) is 7.85. The lowest BCUT2D eigenvalue weighted by Crippen LogP contribution is -2.02. The summed E-state index contributed by atoms with van der Waals surface area (Å²) < 4.78 is 7.13. The maximum atomic E-state index is 5.14. The molecule has 0 saturated heterocycles. The van der Waals surface area contributed by atoms with E-state index in [-0.39, 0.29) is 0 Å². The minimum absolute atomic E-state index is 0.609. The number of anilines is 1. The van der Waals surface area contributed by atoms with Crippen LogP contribution < -0.4 is 5.32 Å². The van der Waals surface area contributed by atoms with Crippen LogP contribution in [-0.4, -0.2) is 14.5 Å². The van der Waals surface area contributed by atoms with Crippen LogP contribution in [0.25, 0.3) is 5.65 Å². The normalized spacial score (nSPS) is 10.9. The van der Waals surface area contributed by atoms with E-state index in [2.05, 4.69) is 15.5 Å². The molecule has 0 amide bonds. The number of nitrogens with one attached hydrogen (secondary N) is 1. The van der Waals surface area contributed by atoms with E-state index in [1.165, 1.54) is 0 Å². The Hall–Kier alpha value is -2.30. The minimum atomic E-state index is 0.609. The van der Waals surface area contributed by atoms with Crippen molar-refractivity contribution in [3.05, 3.63) is 48.1 Å². The minimum Gasteiger partial charge on any atom is -0.364 e. The van der Waals surface area contributed by atoms with E-state index in [4.69, 9.17) is 4.52 Å². The van der Waals surface area contributed by atoms with Gasteiger partial charge in [-0.25, -0.2) is 4.98 Å². The second-order valence-electron chi connectivity index (χ2n) is 3.85. The van der Waals surface area contributed by atoms with E-state index in [0.29, 0.717) is 6.54 Å². The number of fused-ring (bicyclic) bond motifs is 1. The van der Waals surface area contributed by atoms with Gasteiger partial charge in [0.2, 0.25) is 0 Å². The fourth-order valence-electron chi connectivity index (χ4n) is 1.77. The molecule has 86 valence electrons. The average molecular weight is 228 g/mol. The summed E-state index contributed by atoms with van der Waals surface area (Å²) in [4.78, 5) is 4.23. The number of rotatable bonds is 3. The molecule has 0 saturated carbocycles. The molecule has 0 fully saturated rings. The summed E-state index contributed by atoms with van der Waals surface area (Å²) in [6.07, 6.45) is 3.70. The van der Waals surface area contributed by atoms with E-state index in [1.54, 1.807) is 6.20 Å². The Bertz CT molecular complexity index is 641. The molecule has 0 aromatic carbocycles. The van der Waals surface area contributed by atoms with Crippen molar-refractivity contribution in [3.8, 4) is 0 Å². The van der Waals surface area contributed by atoms with Crippen LogP contribution in [0.5, 0.6) is 0 Å². The SMILES string of the molecule is Cc1cc(CNc2cccc3nccn23)on1. The lowest BCUT2D eigenvalue weighted by Gasteiger charge is -2.06. The number of aryl methyl sites for hydroxylation is 1. The third-order valence-electron chi connectivity index (χ3n) is 2.55. The molecule has 0 bridgehead atoms. The smallest absolute Gasteiger partial charge is 0.156 e. The first-order valence-corrected chi connectivity index (χ1v) is 5.41. The molecule has 3 aromatic heterocycles. The first-order valence-electron chi connectivity index (χ1n) is 5.41. The fraction of sp³-hybridized carbons (Fsp3) is 0.167. The number of hydrogen-bond acceptors (Lipinski definition) is 4. The highest BCUT2D eigenvalue weighted by atomic mass is 16.5. The zero-order valence-electron chi connectivity index (χ0n) is 9.42. The van der Waals surface area contributed by atoms with Crippen molar-refractivity contribution in [1.82, 2.24) is 14.5 Å². The Balaban J connectivity index is 1.83. The van der Waals surface area contributed by atoms with Crippen LogP contribution in [-0.2, 0) is 6.54 Å². The van der Waals surface area contributed by atoms with Gasteiger partial charge in [-0.05, 0) is 19.1 Å². The standard InChI is InChI=1S/C12H12N4O/c1-9-7-10(17-15-9)8-14-12-4-2-3-11-13-5-6-16(11)12/h2-7,14H,8H2,1H3. The summed E-state index contributed by atoms with van der Waals surface area (Å²) >= 11 is 0. The van der Waals surface area contributed by atoms with E-state index in [1.807, 2.05) is 41.8 Å². The maximum absolute atomic E-state index is 5.14. The van der Waals surface area contributed by atoms with E-state index in [9.17, 15) is 0 Å². The van der Waals surface area contributed by atoms with Crippen molar-refractivity contribution in [2.75, 3.05) is 5.32 Å². The van der Waals surface area contributed by atoms with Crippen LogP contribution >= 0.6 is 0 Å². The Morgan fingerprint density at radius 3 is 3.18 bits per heavy atom. The molecule has 0 radical (unpaired) electrons. The summed E-state index contributed by atoms with van der Waals surface area (Å²) in [5, 5.41) is 7.14. The number of nitrogens with zero attached hydrogens (tertiary/aromatic N) is 3. The van der Waals surface area contributed by atoms with Crippen molar-refractivity contribution >= 4 is 11.5 Å². The first-order chi connectivity index (χ1) is 8.33. The summed E-state index contributed by atoms with van der Waals surface area (Å²) in [5.74, 6) is 1.80. The number of aromatic nitrogens is 3. The summed E-state index contributed by atoms with van der Waals surface area (Å²) in [5.41, 5.74) is 1.81. The fourth-order valence-corrected chi connectivity index (χ4v) is 1.77. The van der Waals surface area contributed by atoms with Gasteiger partial charge >= 0.3 is 0 Å². The molecular formula is C12H12N4O. The van der Waals surface area contributed by atoms with Gasteiger partial charge in [-0.2, -0.15) is 0 Å². The van der Waals surface area contributed by atoms with Crippen molar-refractivity contribution in [2.45, 2.75) is 13.5 Å². The molecule has 5 nitrogen and oxygen atoms in total. The van der Waals surface area contributed by atoms with E-state index < -0.39 is 0 Å². The van der Waals surface area contributed by atoms with Crippen LogP contribution in [0.15, 0.2) is 41.2 Å². The maximum Gasteiger partial charge on any atom is 0.156 e. The molecule has 3 rings (SSSR count). The average Bonchev–Trinajstić information content (AvgIpc) is 2.94. The van der Waals surface area contributed by atoms with Gasteiger partial charge in [-0.3, -0.25) is 4.40 Å². The van der Waals surface area contributed by atoms with Crippen LogP contribution in [0.4, 0.5) is 5.82 Å². The zero-order valence-corrected chi connectivity index (χ0v) is 9.42. The monoisotopic (exact) mass is 228 g/mol. The Labute approximate surface area is 98.1 Å². The second-order valence-corrected chi connectivity index (χ2v) is 3.85. The molecule has 0 unspecified atom stereocenters. The van der Waals surface area contributed by atoms with Crippen LogP contribution in [0, 0.1) is 6.92 Å². The molecular weight excluding hydrogens is 216 g/mol. The van der Waals surface area contributed by atoms with Gasteiger partial charge in [0, 0.05) is 18.5 Å². The van der Waals surface area contributed by atoms with Crippen molar-refractivity contribution < 1.29 is 4.52 Å². The van der Waals surface area contributed by atoms with Gasteiger partial charge in [0.05, 0.1) is 12.2 Å². The van der Waals surface area contributed by atoms with Gasteiger partial charge < -0.3 is 9.84 Å². The third-order valence-corrected chi connectivity index (χ3v) is 2.55. The molecule has 0 atom stereocenters. The Kier molecular flexibility index (Phi) is 2.29. The lowest BCUT2D eigenvalue weighted by molar-refractivity contribution is 0.384. The van der Waals surface area contributed by atoms with Crippen LogP contribution in [0.3, 0.4) is 0 Å². The lowest BCUT2D eigenvalue weighted by atomic mass is 10.3. The zero-order chi connectivity index (χ0) is 11.7. The molecule has 0 aliphatic rings. The molecule has 1 N–H and O–H groups in total. The molecule has 3 heterocycles. The number of imidazole rings is 1. The van der Waals surface area contributed by atoms with Crippen LogP contribution in [0.1, 0.15) is 11.5 Å². The Morgan fingerprint density at radius 1 is 1.41 bits per heavy atom. The third kappa shape index (κ3) is 1.87. The van der Waals surface area contributed by atoms with Gasteiger partial charge in [0.1, 0.15) is 11.5 Å². The van der Waals surface area contributed by atoms with Crippen LogP contribution in [0.2, 0.25) is 0 Å². The van der Waals surface area contributed by atoms with E-state index in [0.717, 1.165) is 22.9 Å².